The number of aryl methyl sites for hydroxylation is 1. The molecule has 2 bridgehead atoms. The van der Waals surface area contributed by atoms with E-state index in [2.05, 4.69) is 26.0 Å². The Morgan fingerprint density at radius 1 is 0.909 bits per heavy atom. The molecule has 3 heteroatoms. The normalized spacial score (nSPS) is 32.1. The zero-order chi connectivity index (χ0) is 15.6. The van der Waals surface area contributed by atoms with Gasteiger partial charge >= 0.3 is 0 Å². The number of allylic oxidation sites excluding steroid dienone is 4. The minimum absolute atomic E-state index is 0.0329. The molecule has 0 N–H and O–H groups in total. The van der Waals surface area contributed by atoms with E-state index >= 15 is 0 Å². The summed E-state index contributed by atoms with van der Waals surface area (Å²) in [7, 11) is 0. The summed E-state index contributed by atoms with van der Waals surface area (Å²) in [5, 5.41) is 0. The molecule has 2 amide bonds. The first-order chi connectivity index (χ1) is 10.5. The Labute approximate surface area is 130 Å². The molecular weight excluding hydrogens is 274 g/mol. The molecule has 3 aliphatic rings. The van der Waals surface area contributed by atoms with E-state index in [1.807, 2.05) is 31.2 Å². The molecule has 1 saturated heterocycles. The summed E-state index contributed by atoms with van der Waals surface area (Å²) < 4.78 is 0. The maximum absolute atomic E-state index is 12.9. The minimum Gasteiger partial charge on any atom is -0.274 e. The van der Waals surface area contributed by atoms with E-state index in [1.54, 1.807) is 0 Å². The van der Waals surface area contributed by atoms with Crippen LogP contribution in [0.3, 0.4) is 0 Å². The molecule has 4 rings (SSSR count). The lowest BCUT2D eigenvalue weighted by Gasteiger charge is -2.19. The molecule has 1 aromatic carbocycles. The third-order valence-corrected chi connectivity index (χ3v) is 5.29. The van der Waals surface area contributed by atoms with Crippen LogP contribution in [0.1, 0.15) is 19.4 Å². The van der Waals surface area contributed by atoms with Gasteiger partial charge in [0.15, 0.2) is 0 Å². The molecule has 1 saturated carbocycles. The van der Waals surface area contributed by atoms with Gasteiger partial charge in [0, 0.05) is 11.8 Å². The quantitative estimate of drug-likeness (QED) is 0.589. The van der Waals surface area contributed by atoms with Crippen LogP contribution >= 0.6 is 0 Å². The SMILES string of the molecule is CC(C)=C1C2C=CC1C1C(=O)N(c3ccc(C)cc3)C(=O)C21. The third kappa shape index (κ3) is 1.57. The molecule has 22 heavy (non-hydrogen) atoms. The molecule has 1 heterocycles. The molecule has 0 spiro atoms. The van der Waals surface area contributed by atoms with Crippen molar-refractivity contribution in [2.45, 2.75) is 20.8 Å². The van der Waals surface area contributed by atoms with Gasteiger partial charge in [-0.3, -0.25) is 9.59 Å². The average Bonchev–Trinajstić information content (AvgIpc) is 3.11. The van der Waals surface area contributed by atoms with Crippen LogP contribution in [0.5, 0.6) is 0 Å². The summed E-state index contributed by atoms with van der Waals surface area (Å²) in [5.41, 5.74) is 4.36. The molecule has 112 valence electrons. The van der Waals surface area contributed by atoms with Crippen molar-refractivity contribution in [3.63, 3.8) is 0 Å². The van der Waals surface area contributed by atoms with Crippen molar-refractivity contribution in [1.29, 1.82) is 0 Å². The molecular formula is C19H19NO2. The van der Waals surface area contributed by atoms with Crippen LogP contribution < -0.4 is 4.90 Å². The van der Waals surface area contributed by atoms with Crippen molar-refractivity contribution in [1.82, 2.24) is 0 Å². The summed E-state index contributed by atoms with van der Waals surface area (Å²) in [6, 6.07) is 7.61. The number of hydrogen-bond acceptors (Lipinski definition) is 2. The number of carbonyl (C=O) groups is 2. The minimum atomic E-state index is -0.200. The summed E-state index contributed by atoms with van der Waals surface area (Å²) in [6.07, 6.45) is 4.25. The summed E-state index contributed by atoms with van der Waals surface area (Å²) in [5.74, 6) is -0.231. The van der Waals surface area contributed by atoms with Gasteiger partial charge in [0.25, 0.3) is 0 Å². The van der Waals surface area contributed by atoms with E-state index < -0.39 is 0 Å². The maximum Gasteiger partial charge on any atom is 0.238 e. The molecule has 1 aliphatic heterocycles. The van der Waals surface area contributed by atoms with Crippen LogP contribution in [0.4, 0.5) is 5.69 Å². The molecule has 1 aromatic rings. The van der Waals surface area contributed by atoms with E-state index in [4.69, 9.17) is 0 Å². The number of hydrogen-bond donors (Lipinski definition) is 0. The van der Waals surface area contributed by atoms with E-state index in [1.165, 1.54) is 16.0 Å². The number of anilines is 1. The van der Waals surface area contributed by atoms with Crippen molar-refractivity contribution in [3.8, 4) is 0 Å². The largest absolute Gasteiger partial charge is 0.274 e. The lowest BCUT2D eigenvalue weighted by Crippen LogP contribution is -2.33. The highest BCUT2D eigenvalue weighted by Crippen LogP contribution is 2.57. The lowest BCUT2D eigenvalue weighted by molar-refractivity contribution is -0.122. The zero-order valence-electron chi connectivity index (χ0n) is 13.0. The highest BCUT2D eigenvalue weighted by Gasteiger charge is 2.61. The van der Waals surface area contributed by atoms with Gasteiger partial charge in [0.2, 0.25) is 11.8 Å². The first kappa shape index (κ1) is 13.5. The predicted octanol–water partition coefficient (Wildman–Crippen LogP) is 3.25. The van der Waals surface area contributed by atoms with Crippen molar-refractivity contribution in [2.75, 3.05) is 4.90 Å². The number of imide groups is 1. The van der Waals surface area contributed by atoms with E-state index in [0.29, 0.717) is 5.69 Å². The Hall–Kier alpha value is -2.16. The first-order valence-electron chi connectivity index (χ1n) is 7.81. The van der Waals surface area contributed by atoms with E-state index in [9.17, 15) is 9.59 Å². The van der Waals surface area contributed by atoms with Gasteiger partial charge in [0.1, 0.15) is 0 Å². The van der Waals surface area contributed by atoms with Crippen LogP contribution in [-0.4, -0.2) is 11.8 Å². The zero-order valence-corrected chi connectivity index (χ0v) is 13.0. The van der Waals surface area contributed by atoms with Crippen LogP contribution in [0.25, 0.3) is 0 Å². The fourth-order valence-electron chi connectivity index (χ4n) is 4.38. The predicted molar refractivity (Wildman–Crippen MR) is 85.1 cm³/mol. The second kappa shape index (κ2) is 4.42. The van der Waals surface area contributed by atoms with Crippen molar-refractivity contribution >= 4 is 17.5 Å². The first-order valence-corrected chi connectivity index (χ1v) is 7.81. The van der Waals surface area contributed by atoms with Gasteiger partial charge in [-0.1, -0.05) is 41.0 Å². The van der Waals surface area contributed by atoms with Crippen LogP contribution in [0.2, 0.25) is 0 Å². The van der Waals surface area contributed by atoms with Crippen molar-refractivity contribution in [3.05, 3.63) is 53.1 Å². The van der Waals surface area contributed by atoms with Gasteiger partial charge in [0.05, 0.1) is 17.5 Å². The fourth-order valence-corrected chi connectivity index (χ4v) is 4.38. The highest BCUT2D eigenvalue weighted by molar-refractivity contribution is 6.23. The van der Waals surface area contributed by atoms with Crippen molar-refractivity contribution in [2.24, 2.45) is 23.7 Å². The third-order valence-electron chi connectivity index (χ3n) is 5.29. The number of carbonyl (C=O) groups excluding carboxylic acids is 2. The second-order valence-electron chi connectivity index (χ2n) is 6.79. The second-order valence-corrected chi connectivity index (χ2v) is 6.79. The Morgan fingerprint density at radius 3 is 1.86 bits per heavy atom. The molecule has 2 aliphatic carbocycles. The smallest absolute Gasteiger partial charge is 0.238 e. The Bertz CT molecular complexity index is 703. The Kier molecular flexibility index (Phi) is 2.71. The van der Waals surface area contributed by atoms with Gasteiger partial charge < -0.3 is 0 Å². The monoisotopic (exact) mass is 293 g/mol. The molecule has 0 aromatic heterocycles. The van der Waals surface area contributed by atoms with Crippen LogP contribution in [-0.2, 0) is 9.59 Å². The van der Waals surface area contributed by atoms with Gasteiger partial charge in [-0.2, -0.15) is 0 Å². The highest BCUT2D eigenvalue weighted by atomic mass is 16.2. The number of nitrogens with zero attached hydrogens (tertiary/aromatic N) is 1. The van der Waals surface area contributed by atoms with Gasteiger partial charge in [-0.15, -0.1) is 0 Å². The van der Waals surface area contributed by atoms with Crippen LogP contribution in [0.15, 0.2) is 47.6 Å². The summed E-state index contributed by atoms with van der Waals surface area (Å²) in [4.78, 5) is 27.2. The average molecular weight is 293 g/mol. The standard InChI is InChI=1S/C19H19NO2/c1-10(2)15-13-8-9-14(15)17-16(13)18(21)20(19(17)22)12-6-4-11(3)5-7-12/h4-9,13-14,16-17H,1-3H3. The Morgan fingerprint density at radius 2 is 1.41 bits per heavy atom. The molecule has 0 radical (unpaired) electrons. The van der Waals surface area contributed by atoms with E-state index in [0.717, 1.165) is 5.56 Å². The number of amides is 2. The topological polar surface area (TPSA) is 37.4 Å². The summed E-state index contributed by atoms with van der Waals surface area (Å²) >= 11 is 0. The van der Waals surface area contributed by atoms with Crippen LogP contribution in [0, 0.1) is 30.6 Å². The fraction of sp³-hybridized carbons (Fsp3) is 0.368. The maximum atomic E-state index is 12.9. The Balaban J connectivity index is 1.76. The number of rotatable bonds is 1. The van der Waals surface area contributed by atoms with E-state index in [-0.39, 0.29) is 35.5 Å². The summed E-state index contributed by atoms with van der Waals surface area (Å²) in [6.45, 7) is 6.16. The molecule has 4 atom stereocenters. The number of fused-ring (bicyclic) bond motifs is 5. The molecule has 3 nitrogen and oxygen atoms in total. The molecule has 2 fully saturated rings. The van der Waals surface area contributed by atoms with Gasteiger partial charge in [-0.05, 0) is 32.9 Å². The lowest BCUT2D eigenvalue weighted by atomic mass is 9.85. The van der Waals surface area contributed by atoms with Gasteiger partial charge in [-0.25, -0.2) is 4.90 Å². The molecule has 4 unspecified atom stereocenters. The number of benzene rings is 1. The van der Waals surface area contributed by atoms with Crippen molar-refractivity contribution < 1.29 is 9.59 Å².